The Morgan fingerprint density at radius 1 is 0.704 bits per heavy atom. The van der Waals surface area contributed by atoms with Gasteiger partial charge in [-0.15, -0.1) is 0 Å². The second-order valence-electron chi connectivity index (χ2n) is 7.75. The largest absolute Gasteiger partial charge is 1.00 e. The standard InChI is InChI=1S/C21H44O4S.K/c1-3-5-6-7-8-9-10-11-12-13-14-15-16-17-18-19-21(20(22)4-2)26(23,24)25;/h20-22H,3-19H2,1-2H3,(H,23,24,25);/q;+1/p-1. The molecule has 4 nitrogen and oxygen atoms in total. The van der Waals surface area contributed by atoms with E-state index in [1.807, 2.05) is 0 Å². The van der Waals surface area contributed by atoms with Gasteiger partial charge in [-0.2, -0.15) is 0 Å². The molecule has 0 rings (SSSR count). The Labute approximate surface area is 211 Å². The molecular formula is C21H43KO4S. The Bertz CT molecular complexity index is 401. The summed E-state index contributed by atoms with van der Waals surface area (Å²) in [5, 5.41) is 8.56. The Hall–Kier alpha value is 1.51. The molecule has 1 N–H and O–H groups in total. The SMILES string of the molecule is CCCCCCCCCCCCCCCCCC(C(O)CC)S(=O)(=O)[O-].[K+]. The second kappa shape index (κ2) is 20.8. The van der Waals surface area contributed by atoms with E-state index in [1.54, 1.807) is 6.92 Å². The van der Waals surface area contributed by atoms with Gasteiger partial charge >= 0.3 is 51.4 Å². The monoisotopic (exact) mass is 430 g/mol. The van der Waals surface area contributed by atoms with Crippen molar-refractivity contribution in [3.05, 3.63) is 0 Å². The molecule has 27 heavy (non-hydrogen) atoms. The molecule has 0 aromatic carbocycles. The van der Waals surface area contributed by atoms with Gasteiger partial charge in [-0.3, -0.25) is 0 Å². The van der Waals surface area contributed by atoms with Crippen molar-refractivity contribution < 1.29 is 69.5 Å². The van der Waals surface area contributed by atoms with E-state index in [0.717, 1.165) is 12.8 Å². The molecular weight excluding hydrogens is 387 g/mol. The minimum Gasteiger partial charge on any atom is -0.748 e. The first-order chi connectivity index (χ1) is 12.4. The van der Waals surface area contributed by atoms with Gasteiger partial charge in [-0.05, 0) is 12.8 Å². The molecule has 0 aromatic heterocycles. The molecule has 6 heteroatoms. The molecule has 0 bridgehead atoms. The normalized spacial score (nSPS) is 13.9. The maximum absolute atomic E-state index is 11.2. The predicted molar refractivity (Wildman–Crippen MR) is 109 cm³/mol. The molecule has 0 aliphatic heterocycles. The fourth-order valence-electron chi connectivity index (χ4n) is 3.51. The molecule has 0 heterocycles. The van der Waals surface area contributed by atoms with Crippen molar-refractivity contribution in [3.8, 4) is 0 Å². The molecule has 0 aliphatic rings. The summed E-state index contributed by atoms with van der Waals surface area (Å²) < 4.78 is 33.6. The zero-order chi connectivity index (χ0) is 19.7. The van der Waals surface area contributed by atoms with Gasteiger partial charge in [0.2, 0.25) is 0 Å². The van der Waals surface area contributed by atoms with Crippen LogP contribution in [0, 0.1) is 0 Å². The van der Waals surface area contributed by atoms with E-state index in [2.05, 4.69) is 6.92 Å². The Kier molecular flexibility index (Phi) is 23.6. The van der Waals surface area contributed by atoms with E-state index in [9.17, 15) is 18.1 Å². The van der Waals surface area contributed by atoms with E-state index in [1.165, 1.54) is 77.0 Å². The van der Waals surface area contributed by atoms with Crippen LogP contribution in [0.3, 0.4) is 0 Å². The number of rotatable bonds is 19. The van der Waals surface area contributed by atoms with E-state index in [0.29, 0.717) is 19.3 Å². The van der Waals surface area contributed by atoms with Crippen molar-refractivity contribution in [3.63, 3.8) is 0 Å². The Morgan fingerprint density at radius 3 is 1.33 bits per heavy atom. The summed E-state index contributed by atoms with van der Waals surface area (Å²) in [6, 6.07) is 0. The number of hydrogen-bond acceptors (Lipinski definition) is 4. The molecule has 158 valence electrons. The number of aliphatic hydroxyl groups excluding tert-OH is 1. The van der Waals surface area contributed by atoms with Crippen LogP contribution in [0.15, 0.2) is 0 Å². The van der Waals surface area contributed by atoms with Crippen molar-refractivity contribution in [2.24, 2.45) is 0 Å². The van der Waals surface area contributed by atoms with Gasteiger partial charge in [0.25, 0.3) is 0 Å². The van der Waals surface area contributed by atoms with Crippen molar-refractivity contribution in [2.45, 2.75) is 134 Å². The Balaban J connectivity index is 0. The topological polar surface area (TPSA) is 77.4 Å². The van der Waals surface area contributed by atoms with Crippen molar-refractivity contribution >= 4 is 10.1 Å². The average molecular weight is 431 g/mol. The quantitative estimate of drug-likeness (QED) is 0.194. The van der Waals surface area contributed by atoms with Crippen LogP contribution < -0.4 is 51.4 Å². The van der Waals surface area contributed by atoms with Crippen LogP contribution in [0.2, 0.25) is 0 Å². The molecule has 0 aliphatic carbocycles. The number of hydrogen-bond donors (Lipinski definition) is 1. The minimum atomic E-state index is -4.40. The van der Waals surface area contributed by atoms with E-state index in [4.69, 9.17) is 0 Å². The summed E-state index contributed by atoms with van der Waals surface area (Å²) in [6.07, 6.45) is 18.4. The van der Waals surface area contributed by atoms with E-state index in [-0.39, 0.29) is 51.4 Å². The van der Waals surface area contributed by atoms with Gasteiger partial charge < -0.3 is 9.66 Å². The molecule has 0 amide bonds. The smallest absolute Gasteiger partial charge is 0.748 e. The van der Waals surface area contributed by atoms with Gasteiger partial charge in [0.15, 0.2) is 0 Å². The third-order valence-electron chi connectivity index (χ3n) is 5.31. The van der Waals surface area contributed by atoms with Crippen LogP contribution in [0.25, 0.3) is 0 Å². The first kappa shape index (κ1) is 30.7. The van der Waals surface area contributed by atoms with Crippen LogP contribution in [-0.2, 0) is 10.1 Å². The predicted octanol–water partition coefficient (Wildman–Crippen LogP) is 2.94. The molecule has 2 unspecified atom stereocenters. The molecule has 0 saturated carbocycles. The maximum Gasteiger partial charge on any atom is 1.00 e. The number of unbranched alkanes of at least 4 members (excludes halogenated alkanes) is 14. The summed E-state index contributed by atoms with van der Waals surface area (Å²) in [6.45, 7) is 3.96. The third kappa shape index (κ3) is 19.2. The summed E-state index contributed by atoms with van der Waals surface area (Å²) in [7, 11) is -4.40. The van der Waals surface area contributed by atoms with Crippen LogP contribution in [0.1, 0.15) is 123 Å². The van der Waals surface area contributed by atoms with Gasteiger partial charge in [-0.1, -0.05) is 110 Å². The molecule has 0 spiro atoms. The van der Waals surface area contributed by atoms with Crippen LogP contribution in [-0.4, -0.2) is 29.4 Å². The molecule has 0 fully saturated rings. The molecule has 2 atom stereocenters. The second-order valence-corrected chi connectivity index (χ2v) is 9.34. The summed E-state index contributed by atoms with van der Waals surface area (Å²) in [5.41, 5.74) is 0. The van der Waals surface area contributed by atoms with Crippen molar-refractivity contribution in [1.29, 1.82) is 0 Å². The molecule has 0 saturated heterocycles. The van der Waals surface area contributed by atoms with Crippen molar-refractivity contribution in [2.75, 3.05) is 0 Å². The first-order valence-electron chi connectivity index (χ1n) is 11.1. The number of aliphatic hydroxyl groups is 1. The van der Waals surface area contributed by atoms with E-state index < -0.39 is 21.5 Å². The van der Waals surface area contributed by atoms with Crippen LogP contribution in [0.4, 0.5) is 0 Å². The Morgan fingerprint density at radius 2 is 1.04 bits per heavy atom. The zero-order valence-corrected chi connectivity index (χ0v) is 22.2. The summed E-state index contributed by atoms with van der Waals surface area (Å²) in [5.74, 6) is 0. The van der Waals surface area contributed by atoms with Gasteiger partial charge in [0.1, 0.15) is 10.1 Å². The van der Waals surface area contributed by atoms with Crippen LogP contribution in [0.5, 0.6) is 0 Å². The zero-order valence-electron chi connectivity index (χ0n) is 18.3. The first-order valence-corrected chi connectivity index (χ1v) is 12.5. The summed E-state index contributed by atoms with van der Waals surface area (Å²) >= 11 is 0. The van der Waals surface area contributed by atoms with Gasteiger partial charge in [0.05, 0.1) is 11.4 Å². The van der Waals surface area contributed by atoms with Crippen molar-refractivity contribution in [1.82, 2.24) is 0 Å². The minimum absolute atomic E-state index is 0. The molecule has 0 aromatic rings. The van der Waals surface area contributed by atoms with E-state index >= 15 is 0 Å². The maximum atomic E-state index is 11.2. The fraction of sp³-hybridized carbons (Fsp3) is 1.00. The average Bonchev–Trinajstić information content (AvgIpc) is 2.59. The van der Waals surface area contributed by atoms with Crippen LogP contribution >= 0.6 is 0 Å². The third-order valence-corrected chi connectivity index (χ3v) is 6.60. The fourth-order valence-corrected chi connectivity index (χ4v) is 4.54. The van der Waals surface area contributed by atoms with Gasteiger partial charge in [0, 0.05) is 0 Å². The summed E-state index contributed by atoms with van der Waals surface area (Å²) in [4.78, 5) is 0. The van der Waals surface area contributed by atoms with Gasteiger partial charge in [-0.25, -0.2) is 8.42 Å². The molecule has 0 radical (unpaired) electrons.